The predicted octanol–water partition coefficient (Wildman–Crippen LogP) is 3.50. The summed E-state index contributed by atoms with van der Waals surface area (Å²) in [5, 5.41) is 6.13. The fourth-order valence-corrected chi connectivity index (χ4v) is 5.73. The Balaban J connectivity index is 1.36. The van der Waals surface area contributed by atoms with Crippen molar-refractivity contribution >= 4 is 26.5 Å². The van der Waals surface area contributed by atoms with Crippen molar-refractivity contribution in [2.75, 3.05) is 52.4 Å². The molecule has 176 valence electrons. The van der Waals surface area contributed by atoms with E-state index < -0.39 is 10.0 Å². The molecule has 0 atom stereocenters. The van der Waals surface area contributed by atoms with Crippen LogP contribution in [0.1, 0.15) is 5.56 Å². The predicted molar refractivity (Wildman–Crippen MR) is 129 cm³/mol. The van der Waals surface area contributed by atoms with Crippen LogP contribution in [0.4, 0.5) is 5.13 Å². The summed E-state index contributed by atoms with van der Waals surface area (Å²) in [5.74, 6) is 1.42. The highest BCUT2D eigenvalue weighted by Crippen LogP contribution is 2.29. The lowest BCUT2D eigenvalue weighted by Crippen LogP contribution is -2.40. The molecule has 1 aliphatic heterocycles. The number of nitrogens with zero attached hydrogens (tertiary/aromatic N) is 2. The molecule has 33 heavy (non-hydrogen) atoms. The molecule has 3 aromatic rings. The molecular formula is C23H27N3O5S2. The fraction of sp³-hybridized carbons (Fsp3) is 0.348. The topological polar surface area (TPSA) is 90.0 Å². The standard InChI is InChI=1S/C23H27N3O5S2/c1-29-21-8-3-17(15-22(21)30-2)9-10-24-23-25-20(16-32-23)18-4-6-19(7-5-18)33(27,28)26-11-13-31-14-12-26/h3-8,15-16H,9-14H2,1-2H3,(H,24,25). The number of aromatic nitrogens is 1. The summed E-state index contributed by atoms with van der Waals surface area (Å²) in [4.78, 5) is 4.93. The minimum atomic E-state index is -3.50. The maximum Gasteiger partial charge on any atom is 0.243 e. The molecule has 0 radical (unpaired) electrons. The monoisotopic (exact) mass is 489 g/mol. The number of hydrogen-bond acceptors (Lipinski definition) is 8. The zero-order valence-electron chi connectivity index (χ0n) is 18.6. The molecule has 1 saturated heterocycles. The molecule has 0 saturated carbocycles. The highest BCUT2D eigenvalue weighted by atomic mass is 32.2. The molecule has 4 rings (SSSR count). The number of morpholine rings is 1. The van der Waals surface area contributed by atoms with E-state index in [0.717, 1.165) is 34.9 Å². The summed E-state index contributed by atoms with van der Waals surface area (Å²) < 4.78 is 42.9. The van der Waals surface area contributed by atoms with Gasteiger partial charge < -0.3 is 19.5 Å². The Morgan fingerprint density at radius 1 is 1.06 bits per heavy atom. The van der Waals surface area contributed by atoms with Crippen LogP contribution in [-0.4, -0.2) is 64.8 Å². The minimum Gasteiger partial charge on any atom is -0.493 e. The van der Waals surface area contributed by atoms with E-state index in [-0.39, 0.29) is 4.90 Å². The van der Waals surface area contributed by atoms with E-state index in [2.05, 4.69) is 10.3 Å². The third-order valence-corrected chi connectivity index (χ3v) is 8.11. The Kier molecular flexibility index (Phi) is 7.49. The summed E-state index contributed by atoms with van der Waals surface area (Å²) in [6, 6.07) is 12.8. The Morgan fingerprint density at radius 2 is 1.79 bits per heavy atom. The van der Waals surface area contributed by atoms with Gasteiger partial charge in [0.2, 0.25) is 10.0 Å². The van der Waals surface area contributed by atoms with Crippen LogP contribution < -0.4 is 14.8 Å². The van der Waals surface area contributed by atoms with Crippen molar-refractivity contribution in [1.29, 1.82) is 0 Å². The minimum absolute atomic E-state index is 0.289. The van der Waals surface area contributed by atoms with Crippen LogP contribution in [0, 0.1) is 0 Å². The number of anilines is 1. The summed E-state index contributed by atoms with van der Waals surface area (Å²) >= 11 is 1.52. The Bertz CT molecular complexity index is 1170. The molecule has 2 heterocycles. The van der Waals surface area contributed by atoms with Crippen molar-refractivity contribution in [3.05, 3.63) is 53.4 Å². The lowest BCUT2D eigenvalue weighted by Gasteiger charge is -2.26. The van der Waals surface area contributed by atoms with E-state index in [0.29, 0.717) is 37.8 Å². The Hall–Kier alpha value is -2.66. The van der Waals surface area contributed by atoms with E-state index in [1.54, 1.807) is 38.5 Å². The van der Waals surface area contributed by atoms with Crippen molar-refractivity contribution in [3.63, 3.8) is 0 Å². The van der Waals surface area contributed by atoms with Crippen molar-refractivity contribution in [2.45, 2.75) is 11.3 Å². The van der Waals surface area contributed by atoms with Crippen LogP contribution in [0.5, 0.6) is 11.5 Å². The number of thiazole rings is 1. The van der Waals surface area contributed by atoms with Crippen LogP contribution in [-0.2, 0) is 21.2 Å². The van der Waals surface area contributed by atoms with Gasteiger partial charge in [-0.25, -0.2) is 13.4 Å². The van der Waals surface area contributed by atoms with Gasteiger partial charge in [-0.05, 0) is 36.2 Å². The van der Waals surface area contributed by atoms with E-state index in [9.17, 15) is 8.42 Å². The Morgan fingerprint density at radius 3 is 2.48 bits per heavy atom. The molecule has 1 aliphatic rings. The molecule has 0 spiro atoms. The van der Waals surface area contributed by atoms with Gasteiger partial charge in [0.15, 0.2) is 16.6 Å². The first-order chi connectivity index (χ1) is 16.0. The smallest absolute Gasteiger partial charge is 0.243 e. The van der Waals surface area contributed by atoms with E-state index >= 15 is 0 Å². The van der Waals surface area contributed by atoms with Crippen LogP contribution in [0.3, 0.4) is 0 Å². The van der Waals surface area contributed by atoms with Crippen LogP contribution in [0.25, 0.3) is 11.3 Å². The lowest BCUT2D eigenvalue weighted by molar-refractivity contribution is 0.0730. The van der Waals surface area contributed by atoms with Gasteiger partial charge in [0.05, 0.1) is 38.0 Å². The maximum absolute atomic E-state index is 12.8. The lowest BCUT2D eigenvalue weighted by atomic mass is 10.1. The molecule has 2 aromatic carbocycles. The molecule has 1 aromatic heterocycles. The van der Waals surface area contributed by atoms with E-state index in [4.69, 9.17) is 14.2 Å². The quantitative estimate of drug-likeness (QED) is 0.492. The van der Waals surface area contributed by atoms with Gasteiger partial charge in [0, 0.05) is 30.6 Å². The van der Waals surface area contributed by atoms with Gasteiger partial charge in [-0.1, -0.05) is 18.2 Å². The molecule has 10 heteroatoms. The summed E-state index contributed by atoms with van der Waals surface area (Å²) in [6.07, 6.45) is 0.809. The highest BCUT2D eigenvalue weighted by Gasteiger charge is 2.26. The normalized spacial score (nSPS) is 14.7. The largest absolute Gasteiger partial charge is 0.493 e. The van der Waals surface area contributed by atoms with E-state index in [1.165, 1.54) is 15.6 Å². The highest BCUT2D eigenvalue weighted by molar-refractivity contribution is 7.89. The number of benzene rings is 2. The molecular weight excluding hydrogens is 462 g/mol. The summed E-state index contributed by atoms with van der Waals surface area (Å²) in [7, 11) is -0.250. The second-order valence-corrected chi connectivity index (χ2v) is 10.2. The maximum atomic E-state index is 12.8. The third-order valence-electron chi connectivity index (χ3n) is 5.40. The van der Waals surface area contributed by atoms with Gasteiger partial charge >= 0.3 is 0 Å². The van der Waals surface area contributed by atoms with Gasteiger partial charge in [-0.3, -0.25) is 0 Å². The zero-order valence-corrected chi connectivity index (χ0v) is 20.2. The van der Waals surface area contributed by atoms with E-state index in [1.807, 2.05) is 23.6 Å². The van der Waals surface area contributed by atoms with Crippen molar-refractivity contribution in [2.24, 2.45) is 0 Å². The van der Waals surface area contributed by atoms with Crippen LogP contribution in [0.15, 0.2) is 52.7 Å². The van der Waals surface area contributed by atoms with Crippen LogP contribution >= 0.6 is 11.3 Å². The fourth-order valence-electron chi connectivity index (χ4n) is 3.57. The number of ether oxygens (including phenoxy) is 3. The first-order valence-corrected chi connectivity index (χ1v) is 12.9. The number of methoxy groups -OCH3 is 2. The molecule has 1 N–H and O–H groups in total. The molecule has 8 nitrogen and oxygen atoms in total. The number of sulfonamides is 1. The van der Waals surface area contributed by atoms with Crippen molar-refractivity contribution < 1.29 is 22.6 Å². The molecule has 1 fully saturated rings. The zero-order chi connectivity index (χ0) is 23.3. The number of rotatable bonds is 9. The Labute approximate surface area is 198 Å². The molecule has 0 unspecified atom stereocenters. The average molecular weight is 490 g/mol. The molecule has 0 bridgehead atoms. The van der Waals surface area contributed by atoms with Gasteiger partial charge in [0.1, 0.15) is 0 Å². The average Bonchev–Trinajstić information content (AvgIpc) is 3.33. The third kappa shape index (κ3) is 5.47. The SMILES string of the molecule is COc1ccc(CCNc2nc(-c3ccc(S(=O)(=O)N4CCOCC4)cc3)cs2)cc1OC. The van der Waals surface area contributed by atoms with Crippen molar-refractivity contribution in [3.8, 4) is 22.8 Å². The second kappa shape index (κ2) is 10.5. The van der Waals surface area contributed by atoms with Crippen LogP contribution in [0.2, 0.25) is 0 Å². The molecule has 0 aliphatic carbocycles. The summed E-state index contributed by atoms with van der Waals surface area (Å²) in [5.41, 5.74) is 2.82. The summed E-state index contributed by atoms with van der Waals surface area (Å²) in [6.45, 7) is 2.35. The van der Waals surface area contributed by atoms with Gasteiger partial charge in [-0.2, -0.15) is 4.31 Å². The number of nitrogens with one attached hydrogen (secondary N) is 1. The van der Waals surface area contributed by atoms with Gasteiger partial charge in [-0.15, -0.1) is 11.3 Å². The number of hydrogen-bond donors (Lipinski definition) is 1. The second-order valence-electron chi connectivity index (χ2n) is 7.44. The van der Waals surface area contributed by atoms with Crippen molar-refractivity contribution in [1.82, 2.24) is 9.29 Å². The molecule has 0 amide bonds. The van der Waals surface area contributed by atoms with Gasteiger partial charge in [0.25, 0.3) is 0 Å². The first kappa shape index (κ1) is 23.5. The first-order valence-electron chi connectivity index (χ1n) is 10.6.